The van der Waals surface area contributed by atoms with E-state index in [1.54, 1.807) is 30.5 Å². The molecule has 76 valence electrons. The molecule has 0 aliphatic heterocycles. The number of amides is 1. The predicted octanol–water partition coefficient (Wildman–Crippen LogP) is 0.446. The molecule has 0 saturated carbocycles. The lowest BCUT2D eigenvalue weighted by Crippen LogP contribution is -2.32. The summed E-state index contributed by atoms with van der Waals surface area (Å²) in [6.45, 7) is 0. The number of aromatic nitrogens is 1. The standard InChI is InChI=1S/C9H8N4OS/c10-5-6(8(11)14)9(15)13-7-3-1-2-4-12-7/h1-4,6H,(H2,11,14)(H,12,13,15). The summed E-state index contributed by atoms with van der Waals surface area (Å²) in [5.74, 6) is -1.42. The van der Waals surface area contributed by atoms with E-state index in [0.29, 0.717) is 5.82 Å². The van der Waals surface area contributed by atoms with Gasteiger partial charge in [-0.2, -0.15) is 5.26 Å². The second kappa shape index (κ2) is 5.02. The molecule has 1 heterocycles. The Morgan fingerprint density at radius 2 is 2.40 bits per heavy atom. The Morgan fingerprint density at radius 1 is 1.67 bits per heavy atom. The summed E-state index contributed by atoms with van der Waals surface area (Å²) in [6.07, 6.45) is 1.57. The zero-order chi connectivity index (χ0) is 11.3. The van der Waals surface area contributed by atoms with Gasteiger partial charge in [0.1, 0.15) is 10.8 Å². The van der Waals surface area contributed by atoms with Crippen molar-refractivity contribution in [1.82, 2.24) is 4.98 Å². The lowest BCUT2D eigenvalue weighted by Gasteiger charge is -2.08. The van der Waals surface area contributed by atoms with E-state index in [9.17, 15) is 4.79 Å². The molecular formula is C9H8N4OS. The number of nitrogens with zero attached hydrogens (tertiary/aromatic N) is 2. The van der Waals surface area contributed by atoms with Crippen LogP contribution in [0.3, 0.4) is 0 Å². The van der Waals surface area contributed by atoms with Gasteiger partial charge < -0.3 is 11.1 Å². The molecule has 1 aromatic rings. The van der Waals surface area contributed by atoms with Gasteiger partial charge in [-0.3, -0.25) is 4.79 Å². The van der Waals surface area contributed by atoms with E-state index in [1.807, 2.05) is 0 Å². The molecule has 0 saturated heterocycles. The Hall–Kier alpha value is -2.00. The van der Waals surface area contributed by atoms with Crippen molar-refractivity contribution < 1.29 is 4.79 Å². The van der Waals surface area contributed by atoms with E-state index in [1.165, 1.54) is 0 Å². The topological polar surface area (TPSA) is 91.8 Å². The lowest BCUT2D eigenvalue weighted by atomic mass is 10.1. The molecule has 1 aromatic heterocycles. The minimum atomic E-state index is -1.12. The maximum atomic E-state index is 10.8. The Kier molecular flexibility index (Phi) is 3.71. The quantitative estimate of drug-likeness (QED) is 0.721. The summed E-state index contributed by atoms with van der Waals surface area (Å²) in [7, 11) is 0. The van der Waals surface area contributed by atoms with Gasteiger partial charge in [0.25, 0.3) is 0 Å². The molecule has 0 spiro atoms. The normalized spacial score (nSPS) is 11.1. The second-order valence-corrected chi connectivity index (χ2v) is 3.11. The van der Waals surface area contributed by atoms with Crippen molar-refractivity contribution in [3.05, 3.63) is 24.4 Å². The molecule has 0 bridgehead atoms. The molecule has 3 N–H and O–H groups in total. The maximum Gasteiger partial charge on any atom is 0.241 e. The van der Waals surface area contributed by atoms with Crippen LogP contribution in [0, 0.1) is 17.2 Å². The highest BCUT2D eigenvalue weighted by Crippen LogP contribution is 2.05. The number of hydrogen-bond acceptors (Lipinski definition) is 4. The summed E-state index contributed by atoms with van der Waals surface area (Å²) < 4.78 is 0. The predicted molar refractivity (Wildman–Crippen MR) is 58.8 cm³/mol. The van der Waals surface area contributed by atoms with Crippen LogP contribution in [-0.2, 0) is 4.79 Å². The molecule has 0 aliphatic carbocycles. The second-order valence-electron chi connectivity index (χ2n) is 2.67. The molecule has 0 radical (unpaired) electrons. The number of nitriles is 1. The van der Waals surface area contributed by atoms with E-state index in [2.05, 4.69) is 10.3 Å². The van der Waals surface area contributed by atoms with Crippen LogP contribution in [0.1, 0.15) is 0 Å². The number of thiocarbonyl (C=S) groups is 1. The van der Waals surface area contributed by atoms with Crippen LogP contribution in [0.25, 0.3) is 0 Å². The van der Waals surface area contributed by atoms with E-state index in [-0.39, 0.29) is 4.99 Å². The van der Waals surface area contributed by atoms with Crippen LogP contribution in [0.2, 0.25) is 0 Å². The zero-order valence-corrected chi connectivity index (χ0v) is 8.49. The lowest BCUT2D eigenvalue weighted by molar-refractivity contribution is -0.118. The third-order valence-corrected chi connectivity index (χ3v) is 1.93. The first kappa shape index (κ1) is 11.1. The first-order valence-electron chi connectivity index (χ1n) is 4.06. The van der Waals surface area contributed by atoms with Crippen molar-refractivity contribution in [2.24, 2.45) is 11.7 Å². The number of anilines is 1. The van der Waals surface area contributed by atoms with Crippen molar-refractivity contribution in [3.8, 4) is 6.07 Å². The largest absolute Gasteiger partial charge is 0.368 e. The summed E-state index contributed by atoms with van der Waals surface area (Å²) >= 11 is 4.86. The molecule has 0 fully saturated rings. The highest BCUT2D eigenvalue weighted by Gasteiger charge is 2.20. The third kappa shape index (κ3) is 3.00. The molecule has 6 heteroatoms. The van der Waals surface area contributed by atoms with Crippen LogP contribution in [0.15, 0.2) is 24.4 Å². The van der Waals surface area contributed by atoms with Crippen LogP contribution < -0.4 is 11.1 Å². The fraction of sp³-hybridized carbons (Fsp3) is 0.111. The molecule has 0 aromatic carbocycles. The minimum absolute atomic E-state index is 0.0590. The monoisotopic (exact) mass is 220 g/mol. The van der Waals surface area contributed by atoms with E-state index in [0.717, 1.165) is 0 Å². The van der Waals surface area contributed by atoms with Crippen molar-refractivity contribution in [1.29, 1.82) is 5.26 Å². The molecule has 1 atom stereocenters. The van der Waals surface area contributed by atoms with E-state index in [4.69, 9.17) is 23.2 Å². The summed E-state index contributed by atoms with van der Waals surface area (Å²) in [5.41, 5.74) is 4.99. The Labute approximate surface area is 91.9 Å². The van der Waals surface area contributed by atoms with Gasteiger partial charge in [-0.1, -0.05) is 18.3 Å². The van der Waals surface area contributed by atoms with Gasteiger partial charge in [-0.25, -0.2) is 4.98 Å². The van der Waals surface area contributed by atoms with Gasteiger partial charge in [-0.15, -0.1) is 0 Å². The Morgan fingerprint density at radius 3 is 2.87 bits per heavy atom. The number of hydrogen-bond donors (Lipinski definition) is 2. The van der Waals surface area contributed by atoms with Gasteiger partial charge in [0.05, 0.1) is 6.07 Å². The van der Waals surface area contributed by atoms with Crippen molar-refractivity contribution in [3.63, 3.8) is 0 Å². The van der Waals surface area contributed by atoms with Gasteiger partial charge in [0.15, 0.2) is 5.92 Å². The number of nitrogens with two attached hydrogens (primary N) is 1. The fourth-order valence-electron chi connectivity index (χ4n) is 0.887. The molecule has 1 unspecified atom stereocenters. The summed E-state index contributed by atoms with van der Waals surface area (Å²) in [5, 5.41) is 11.3. The molecule has 1 amide bonds. The first-order chi connectivity index (χ1) is 7.15. The van der Waals surface area contributed by atoms with Gasteiger partial charge >= 0.3 is 0 Å². The van der Waals surface area contributed by atoms with Crippen LogP contribution in [-0.4, -0.2) is 15.9 Å². The first-order valence-corrected chi connectivity index (χ1v) is 4.47. The van der Waals surface area contributed by atoms with Crippen molar-refractivity contribution in [2.75, 3.05) is 5.32 Å². The molecule has 15 heavy (non-hydrogen) atoms. The smallest absolute Gasteiger partial charge is 0.241 e. The molecule has 1 rings (SSSR count). The average Bonchev–Trinajstić information content (AvgIpc) is 2.19. The Bertz CT molecular complexity index is 412. The molecule has 0 aliphatic rings. The van der Waals surface area contributed by atoms with Crippen LogP contribution in [0.5, 0.6) is 0 Å². The fourth-order valence-corrected chi connectivity index (χ4v) is 1.16. The minimum Gasteiger partial charge on any atom is -0.368 e. The maximum absolute atomic E-state index is 10.8. The number of carbonyl (C=O) groups excluding carboxylic acids is 1. The SMILES string of the molecule is N#CC(C(N)=O)C(=S)Nc1ccccn1. The van der Waals surface area contributed by atoms with Gasteiger partial charge in [0.2, 0.25) is 5.91 Å². The van der Waals surface area contributed by atoms with E-state index < -0.39 is 11.8 Å². The summed E-state index contributed by atoms with van der Waals surface area (Å²) in [6, 6.07) is 6.88. The van der Waals surface area contributed by atoms with Crippen molar-refractivity contribution >= 4 is 28.9 Å². The van der Waals surface area contributed by atoms with Crippen molar-refractivity contribution in [2.45, 2.75) is 0 Å². The highest BCUT2D eigenvalue weighted by atomic mass is 32.1. The third-order valence-electron chi connectivity index (χ3n) is 1.59. The Balaban J connectivity index is 2.72. The van der Waals surface area contributed by atoms with Gasteiger partial charge in [0, 0.05) is 6.20 Å². The van der Waals surface area contributed by atoms with Gasteiger partial charge in [-0.05, 0) is 12.1 Å². The highest BCUT2D eigenvalue weighted by molar-refractivity contribution is 7.80. The number of nitrogens with one attached hydrogen (secondary N) is 1. The van der Waals surface area contributed by atoms with Crippen LogP contribution >= 0.6 is 12.2 Å². The van der Waals surface area contributed by atoms with E-state index >= 15 is 0 Å². The number of primary amides is 1. The number of pyridine rings is 1. The van der Waals surface area contributed by atoms with Crippen LogP contribution in [0.4, 0.5) is 5.82 Å². The molecular weight excluding hydrogens is 212 g/mol. The zero-order valence-electron chi connectivity index (χ0n) is 7.68. The average molecular weight is 220 g/mol. The number of carbonyl (C=O) groups is 1. The number of rotatable bonds is 3. The molecule has 5 nitrogen and oxygen atoms in total. The summed E-state index contributed by atoms with van der Waals surface area (Å²) in [4.78, 5) is 14.8.